The Morgan fingerprint density at radius 3 is 2.95 bits per heavy atom. The van der Waals surface area contributed by atoms with Crippen LogP contribution in [-0.2, 0) is 4.79 Å². The normalized spacial score (nSPS) is 10.1. The van der Waals surface area contributed by atoms with E-state index in [0.29, 0.717) is 5.13 Å². The lowest BCUT2D eigenvalue weighted by Crippen LogP contribution is -2.38. The predicted octanol–water partition coefficient (Wildman–Crippen LogP) is 2.16. The van der Waals surface area contributed by atoms with Crippen molar-refractivity contribution in [2.24, 2.45) is 0 Å². The molecule has 0 atom stereocenters. The number of fused-ring (bicyclic) bond motifs is 1. The molecule has 0 aliphatic carbocycles. The lowest BCUT2D eigenvalue weighted by molar-refractivity contribution is -0.137. The number of carbonyl (C=O) groups excluding carboxylic acids is 1. The van der Waals surface area contributed by atoms with Crippen LogP contribution in [-0.4, -0.2) is 40.1 Å². The zero-order valence-electron chi connectivity index (χ0n) is 11.3. The van der Waals surface area contributed by atoms with Crippen molar-refractivity contribution >= 4 is 38.7 Å². The molecule has 0 unspecified atom stereocenters. The van der Waals surface area contributed by atoms with Gasteiger partial charge in [-0.2, -0.15) is 0 Å². The van der Waals surface area contributed by atoms with Gasteiger partial charge in [0.2, 0.25) is 0 Å². The van der Waals surface area contributed by atoms with Crippen molar-refractivity contribution in [3.8, 4) is 12.3 Å². The highest BCUT2D eigenvalue weighted by atomic mass is 32.1. The van der Waals surface area contributed by atoms with Crippen LogP contribution in [0.4, 0.5) is 9.93 Å². The van der Waals surface area contributed by atoms with Crippen LogP contribution in [0.15, 0.2) is 18.2 Å². The molecular weight excluding hydrogens is 290 g/mol. The monoisotopic (exact) mass is 303 g/mol. The predicted molar refractivity (Wildman–Crippen MR) is 81.4 cm³/mol. The van der Waals surface area contributed by atoms with Crippen molar-refractivity contribution < 1.29 is 14.7 Å². The zero-order valence-corrected chi connectivity index (χ0v) is 12.1. The maximum atomic E-state index is 12.0. The van der Waals surface area contributed by atoms with Gasteiger partial charge in [-0.25, -0.2) is 9.78 Å². The van der Waals surface area contributed by atoms with Gasteiger partial charge in [0.15, 0.2) is 5.13 Å². The Kier molecular flexibility index (Phi) is 4.40. The Hall–Kier alpha value is -2.59. The van der Waals surface area contributed by atoms with Crippen molar-refractivity contribution in [1.82, 2.24) is 9.88 Å². The minimum atomic E-state index is -1.12. The number of hydrogen-bond acceptors (Lipinski definition) is 4. The van der Waals surface area contributed by atoms with Crippen LogP contribution in [0.25, 0.3) is 10.2 Å². The highest BCUT2D eigenvalue weighted by Gasteiger charge is 2.17. The van der Waals surface area contributed by atoms with Crippen molar-refractivity contribution in [1.29, 1.82) is 0 Å². The first-order valence-corrected chi connectivity index (χ1v) is 6.89. The third-order valence-electron chi connectivity index (χ3n) is 2.65. The number of hydrogen-bond donors (Lipinski definition) is 2. The number of thiazole rings is 1. The second kappa shape index (κ2) is 6.24. The SMILES string of the molecule is C#CCN(CC(=O)O)C(=O)Nc1nc2ccc(C)cc2s1. The largest absolute Gasteiger partial charge is 0.480 e. The molecule has 2 N–H and O–H groups in total. The number of terminal acetylenes is 1. The van der Waals surface area contributed by atoms with Crippen molar-refractivity contribution in [2.45, 2.75) is 6.92 Å². The molecule has 108 valence electrons. The van der Waals surface area contributed by atoms with Crippen molar-refractivity contribution in [3.63, 3.8) is 0 Å². The van der Waals surface area contributed by atoms with E-state index in [1.165, 1.54) is 11.3 Å². The van der Waals surface area contributed by atoms with Crippen LogP contribution in [0, 0.1) is 19.3 Å². The molecule has 0 aliphatic rings. The molecule has 2 aromatic rings. The van der Waals surface area contributed by atoms with E-state index in [9.17, 15) is 9.59 Å². The number of rotatable bonds is 4. The summed E-state index contributed by atoms with van der Waals surface area (Å²) in [5.41, 5.74) is 1.88. The fourth-order valence-corrected chi connectivity index (χ4v) is 2.68. The van der Waals surface area contributed by atoms with Gasteiger partial charge >= 0.3 is 12.0 Å². The standard InChI is InChI=1S/C14H13N3O3S/c1-3-6-17(8-12(18)19)14(20)16-13-15-10-5-4-9(2)7-11(10)21-13/h1,4-5,7H,6,8H2,2H3,(H,18,19)(H,15,16,20). The summed E-state index contributed by atoms with van der Waals surface area (Å²) in [4.78, 5) is 28.0. The van der Waals surface area contributed by atoms with Gasteiger partial charge < -0.3 is 10.0 Å². The first kappa shape index (κ1) is 14.8. The van der Waals surface area contributed by atoms with Gasteiger partial charge in [0.25, 0.3) is 0 Å². The minimum absolute atomic E-state index is 0.0812. The fraction of sp³-hybridized carbons (Fsp3) is 0.214. The molecule has 0 saturated heterocycles. The highest BCUT2D eigenvalue weighted by molar-refractivity contribution is 7.22. The average molecular weight is 303 g/mol. The topological polar surface area (TPSA) is 82.5 Å². The molecule has 1 heterocycles. The number of aliphatic carboxylic acids is 1. The van der Waals surface area contributed by atoms with Crippen LogP contribution in [0.2, 0.25) is 0 Å². The molecule has 1 aromatic heterocycles. The van der Waals surface area contributed by atoms with Crippen LogP contribution in [0.3, 0.4) is 0 Å². The first-order chi connectivity index (χ1) is 9.99. The molecule has 0 bridgehead atoms. The Morgan fingerprint density at radius 2 is 2.29 bits per heavy atom. The summed E-state index contributed by atoms with van der Waals surface area (Å²) in [6.45, 7) is 1.43. The Balaban J connectivity index is 2.15. The maximum Gasteiger partial charge on any atom is 0.324 e. The molecule has 0 radical (unpaired) electrons. The van der Waals surface area contributed by atoms with Gasteiger partial charge in [-0.05, 0) is 24.6 Å². The third-order valence-corrected chi connectivity index (χ3v) is 3.59. The number of aryl methyl sites for hydroxylation is 1. The van der Waals surface area contributed by atoms with E-state index in [-0.39, 0.29) is 6.54 Å². The molecule has 0 fully saturated rings. The highest BCUT2D eigenvalue weighted by Crippen LogP contribution is 2.26. The lowest BCUT2D eigenvalue weighted by atomic mass is 10.2. The second-order valence-corrected chi connectivity index (χ2v) is 5.40. The number of nitrogens with one attached hydrogen (secondary N) is 1. The number of carboxylic acids is 1. The summed E-state index contributed by atoms with van der Waals surface area (Å²) in [6.07, 6.45) is 5.14. The summed E-state index contributed by atoms with van der Waals surface area (Å²) >= 11 is 1.33. The number of carbonyl (C=O) groups is 2. The minimum Gasteiger partial charge on any atom is -0.480 e. The Morgan fingerprint density at radius 1 is 1.52 bits per heavy atom. The summed E-state index contributed by atoms with van der Waals surface area (Å²) in [5.74, 6) is 1.13. The number of amides is 2. The smallest absolute Gasteiger partial charge is 0.324 e. The number of urea groups is 1. The van der Waals surface area contributed by atoms with E-state index in [1.54, 1.807) is 0 Å². The molecular formula is C14H13N3O3S. The van der Waals surface area contributed by atoms with E-state index in [2.05, 4.69) is 16.2 Å². The molecule has 21 heavy (non-hydrogen) atoms. The van der Waals surface area contributed by atoms with E-state index in [1.807, 2.05) is 25.1 Å². The van der Waals surface area contributed by atoms with Gasteiger partial charge in [0, 0.05) is 0 Å². The summed E-state index contributed by atoms with van der Waals surface area (Å²) < 4.78 is 0.951. The van der Waals surface area contributed by atoms with Crippen LogP contribution >= 0.6 is 11.3 Å². The molecule has 0 spiro atoms. The number of carboxylic acid groups (broad SMARTS) is 1. The first-order valence-electron chi connectivity index (χ1n) is 6.08. The Bertz CT molecular complexity index is 733. The molecule has 2 rings (SSSR count). The van der Waals surface area contributed by atoms with Gasteiger partial charge in [-0.15, -0.1) is 6.42 Å². The molecule has 7 heteroatoms. The molecule has 6 nitrogen and oxygen atoms in total. The summed E-state index contributed by atoms with van der Waals surface area (Å²) in [6, 6.07) is 5.20. The lowest BCUT2D eigenvalue weighted by Gasteiger charge is -2.17. The zero-order chi connectivity index (χ0) is 15.4. The molecule has 1 aromatic carbocycles. The number of benzene rings is 1. The molecule has 2 amide bonds. The van der Waals surface area contributed by atoms with E-state index in [4.69, 9.17) is 11.5 Å². The second-order valence-electron chi connectivity index (χ2n) is 4.37. The van der Waals surface area contributed by atoms with Gasteiger partial charge in [0.1, 0.15) is 6.54 Å². The summed E-state index contributed by atoms with van der Waals surface area (Å²) in [5, 5.41) is 11.8. The van der Waals surface area contributed by atoms with Crippen LogP contribution in [0.5, 0.6) is 0 Å². The van der Waals surface area contributed by atoms with Gasteiger partial charge in [-0.1, -0.05) is 23.3 Å². The molecule has 0 aliphatic heterocycles. The number of nitrogens with zero attached hydrogens (tertiary/aromatic N) is 2. The number of anilines is 1. The molecule has 0 saturated carbocycles. The fourth-order valence-electron chi connectivity index (χ4n) is 1.73. The average Bonchev–Trinajstić information content (AvgIpc) is 2.79. The Labute approximate surface area is 125 Å². The van der Waals surface area contributed by atoms with E-state index < -0.39 is 18.5 Å². The van der Waals surface area contributed by atoms with Gasteiger partial charge in [0.05, 0.1) is 16.8 Å². The van der Waals surface area contributed by atoms with Crippen molar-refractivity contribution in [2.75, 3.05) is 18.4 Å². The maximum absolute atomic E-state index is 12.0. The quantitative estimate of drug-likeness (QED) is 0.848. The summed E-state index contributed by atoms with van der Waals surface area (Å²) in [7, 11) is 0. The van der Waals surface area contributed by atoms with Crippen LogP contribution < -0.4 is 5.32 Å². The van der Waals surface area contributed by atoms with E-state index >= 15 is 0 Å². The van der Waals surface area contributed by atoms with Crippen LogP contribution in [0.1, 0.15) is 5.56 Å². The number of aromatic nitrogens is 1. The van der Waals surface area contributed by atoms with Crippen molar-refractivity contribution in [3.05, 3.63) is 23.8 Å². The van der Waals surface area contributed by atoms with Gasteiger partial charge in [-0.3, -0.25) is 10.1 Å². The van der Waals surface area contributed by atoms with E-state index in [0.717, 1.165) is 20.7 Å². The third kappa shape index (κ3) is 3.70.